The molecular weight excluding hydrogens is 491 g/mol. The number of nitrogens with one attached hydrogen (secondary N) is 3. The average Bonchev–Trinajstić information content (AvgIpc) is 3.07. The molecule has 3 rings (SSSR count). The number of rotatable bonds is 8. The highest BCUT2D eigenvalue weighted by atomic mass is 127. The van der Waals surface area contributed by atoms with Crippen molar-refractivity contribution in [2.24, 2.45) is 4.99 Å². The Bertz CT molecular complexity index is 953. The van der Waals surface area contributed by atoms with Gasteiger partial charge in [0, 0.05) is 29.7 Å². The lowest BCUT2D eigenvalue weighted by Crippen LogP contribution is -2.38. The van der Waals surface area contributed by atoms with Gasteiger partial charge in [0.15, 0.2) is 5.96 Å². The molecule has 7 heteroatoms. The van der Waals surface area contributed by atoms with E-state index in [1.54, 1.807) is 7.11 Å². The summed E-state index contributed by atoms with van der Waals surface area (Å²) in [6.07, 6.45) is 0.230. The SMILES string of the molecule is CCNC(=NCC(O)c1ccc(OC)cc1)NCCc1c(C)[nH]c2ccccc12.I. The van der Waals surface area contributed by atoms with E-state index >= 15 is 0 Å². The quantitative estimate of drug-likeness (QED) is 0.205. The third-order valence-electron chi connectivity index (χ3n) is 4.96. The van der Waals surface area contributed by atoms with Crippen molar-refractivity contribution in [2.45, 2.75) is 26.4 Å². The lowest BCUT2D eigenvalue weighted by atomic mass is 10.1. The van der Waals surface area contributed by atoms with Gasteiger partial charge in [-0.25, -0.2) is 0 Å². The minimum atomic E-state index is -0.660. The summed E-state index contributed by atoms with van der Waals surface area (Å²) in [6, 6.07) is 15.8. The summed E-state index contributed by atoms with van der Waals surface area (Å²) in [5.74, 6) is 1.48. The zero-order valence-electron chi connectivity index (χ0n) is 17.7. The Morgan fingerprint density at radius 1 is 1.13 bits per heavy atom. The van der Waals surface area contributed by atoms with Crippen LogP contribution < -0.4 is 15.4 Å². The van der Waals surface area contributed by atoms with E-state index in [2.05, 4.69) is 45.7 Å². The molecule has 1 aromatic heterocycles. The summed E-state index contributed by atoms with van der Waals surface area (Å²) in [5, 5.41) is 18.3. The highest BCUT2D eigenvalue weighted by molar-refractivity contribution is 14.0. The smallest absolute Gasteiger partial charge is 0.191 e. The predicted molar refractivity (Wildman–Crippen MR) is 134 cm³/mol. The van der Waals surface area contributed by atoms with Gasteiger partial charge in [0.1, 0.15) is 5.75 Å². The van der Waals surface area contributed by atoms with E-state index in [-0.39, 0.29) is 30.5 Å². The number of aryl methyl sites for hydroxylation is 1. The molecular formula is C23H31IN4O2. The Labute approximate surface area is 195 Å². The summed E-state index contributed by atoms with van der Waals surface area (Å²) in [6.45, 7) is 5.94. The average molecular weight is 522 g/mol. The topological polar surface area (TPSA) is 81.7 Å². The molecule has 1 heterocycles. The molecule has 30 heavy (non-hydrogen) atoms. The number of nitrogens with zero attached hydrogens (tertiary/aromatic N) is 1. The van der Waals surface area contributed by atoms with Crippen LogP contribution in [0.15, 0.2) is 53.5 Å². The molecule has 6 nitrogen and oxygen atoms in total. The zero-order chi connectivity index (χ0) is 20.6. The van der Waals surface area contributed by atoms with Gasteiger partial charge in [-0.05, 0) is 49.6 Å². The number of aliphatic hydroxyl groups is 1. The van der Waals surface area contributed by atoms with Crippen molar-refractivity contribution in [2.75, 3.05) is 26.7 Å². The van der Waals surface area contributed by atoms with Crippen LogP contribution in [0.4, 0.5) is 0 Å². The van der Waals surface area contributed by atoms with Gasteiger partial charge in [0.25, 0.3) is 0 Å². The van der Waals surface area contributed by atoms with E-state index in [1.807, 2.05) is 37.3 Å². The lowest BCUT2D eigenvalue weighted by molar-refractivity contribution is 0.187. The fourth-order valence-corrected chi connectivity index (χ4v) is 3.41. The minimum absolute atomic E-state index is 0. The summed E-state index contributed by atoms with van der Waals surface area (Å²) in [4.78, 5) is 7.98. The molecule has 0 saturated carbocycles. The van der Waals surface area contributed by atoms with Crippen LogP contribution in [0.2, 0.25) is 0 Å². The van der Waals surface area contributed by atoms with Crippen LogP contribution in [0.25, 0.3) is 10.9 Å². The van der Waals surface area contributed by atoms with Crippen molar-refractivity contribution in [1.82, 2.24) is 15.6 Å². The van der Waals surface area contributed by atoms with Gasteiger partial charge in [-0.3, -0.25) is 4.99 Å². The van der Waals surface area contributed by atoms with Crippen molar-refractivity contribution in [3.05, 3.63) is 65.4 Å². The van der Waals surface area contributed by atoms with Crippen LogP contribution in [0.5, 0.6) is 5.75 Å². The molecule has 0 fully saturated rings. The first-order valence-corrected chi connectivity index (χ1v) is 10.0. The van der Waals surface area contributed by atoms with Crippen LogP contribution >= 0.6 is 24.0 Å². The normalized spacial score (nSPS) is 12.3. The number of hydrogen-bond acceptors (Lipinski definition) is 3. The van der Waals surface area contributed by atoms with Crippen molar-refractivity contribution < 1.29 is 9.84 Å². The highest BCUT2D eigenvalue weighted by Crippen LogP contribution is 2.22. The molecule has 1 atom stereocenters. The molecule has 0 aliphatic carbocycles. The predicted octanol–water partition coefficient (Wildman–Crippen LogP) is 3.93. The third-order valence-corrected chi connectivity index (χ3v) is 4.96. The Kier molecular flexibility index (Phi) is 9.45. The van der Waals surface area contributed by atoms with Crippen molar-refractivity contribution in [3.63, 3.8) is 0 Å². The molecule has 162 valence electrons. The molecule has 4 N–H and O–H groups in total. The highest BCUT2D eigenvalue weighted by Gasteiger charge is 2.10. The number of aliphatic hydroxyl groups excluding tert-OH is 1. The molecule has 1 unspecified atom stereocenters. The summed E-state index contributed by atoms with van der Waals surface area (Å²) < 4.78 is 5.16. The number of para-hydroxylation sites is 1. The second kappa shape index (κ2) is 11.8. The minimum Gasteiger partial charge on any atom is -0.497 e. The number of aromatic nitrogens is 1. The van der Waals surface area contributed by atoms with Crippen molar-refractivity contribution in [1.29, 1.82) is 0 Å². The van der Waals surface area contributed by atoms with E-state index in [9.17, 15) is 5.11 Å². The Balaban J connectivity index is 0.00000320. The summed E-state index contributed by atoms with van der Waals surface area (Å²) in [7, 11) is 1.63. The summed E-state index contributed by atoms with van der Waals surface area (Å²) >= 11 is 0. The van der Waals surface area contributed by atoms with Crippen LogP contribution in [-0.4, -0.2) is 42.8 Å². The van der Waals surface area contributed by atoms with Gasteiger partial charge in [0.2, 0.25) is 0 Å². The second-order valence-corrected chi connectivity index (χ2v) is 6.96. The van der Waals surface area contributed by atoms with E-state index < -0.39 is 6.10 Å². The number of halogens is 1. The first kappa shape index (κ1) is 24.0. The van der Waals surface area contributed by atoms with Gasteiger partial charge >= 0.3 is 0 Å². The monoisotopic (exact) mass is 522 g/mol. The summed E-state index contributed by atoms with van der Waals surface area (Å²) in [5.41, 5.74) is 4.51. The number of methoxy groups -OCH3 is 1. The zero-order valence-corrected chi connectivity index (χ0v) is 20.1. The number of hydrogen-bond donors (Lipinski definition) is 4. The number of guanidine groups is 1. The number of ether oxygens (including phenoxy) is 1. The maximum Gasteiger partial charge on any atom is 0.191 e. The molecule has 0 aliphatic rings. The van der Waals surface area contributed by atoms with Gasteiger partial charge in [0.05, 0.1) is 19.8 Å². The molecule has 0 spiro atoms. The van der Waals surface area contributed by atoms with Crippen LogP contribution in [0.3, 0.4) is 0 Å². The number of fused-ring (bicyclic) bond motifs is 1. The third kappa shape index (κ3) is 6.12. The fourth-order valence-electron chi connectivity index (χ4n) is 3.41. The van der Waals surface area contributed by atoms with Gasteiger partial charge in [-0.1, -0.05) is 30.3 Å². The maximum atomic E-state index is 10.4. The van der Waals surface area contributed by atoms with E-state index in [0.717, 1.165) is 30.8 Å². The van der Waals surface area contributed by atoms with Gasteiger partial charge in [-0.15, -0.1) is 24.0 Å². The fraction of sp³-hybridized carbons (Fsp3) is 0.348. The molecule has 3 aromatic rings. The molecule has 0 aliphatic heterocycles. The van der Waals surface area contributed by atoms with Crippen LogP contribution in [-0.2, 0) is 6.42 Å². The number of aromatic amines is 1. The van der Waals surface area contributed by atoms with Crippen LogP contribution in [0.1, 0.15) is 29.8 Å². The van der Waals surface area contributed by atoms with Crippen molar-refractivity contribution >= 4 is 40.8 Å². The lowest BCUT2D eigenvalue weighted by Gasteiger charge is -2.14. The van der Waals surface area contributed by atoms with Crippen LogP contribution in [0, 0.1) is 6.92 Å². The second-order valence-electron chi connectivity index (χ2n) is 6.96. The molecule has 0 saturated heterocycles. The van der Waals surface area contributed by atoms with E-state index in [1.165, 1.54) is 22.2 Å². The molecule has 0 radical (unpaired) electrons. The largest absolute Gasteiger partial charge is 0.497 e. The standard InChI is InChI=1S/C23H30N4O2.HI/c1-4-24-23(26-15-22(28)17-9-11-18(29-3)12-10-17)25-14-13-19-16(2)27-21-8-6-5-7-20(19)21;/h5-12,22,27-28H,4,13-15H2,1-3H3,(H2,24,25,26);1H. The first-order valence-electron chi connectivity index (χ1n) is 10.0. The molecule has 0 bridgehead atoms. The van der Waals surface area contributed by atoms with E-state index in [0.29, 0.717) is 5.96 Å². The Morgan fingerprint density at radius 3 is 2.57 bits per heavy atom. The maximum absolute atomic E-state index is 10.4. The first-order chi connectivity index (χ1) is 14.1. The van der Waals surface area contributed by atoms with Gasteiger partial charge < -0.3 is 25.5 Å². The number of H-pyrrole nitrogens is 1. The Hall–Kier alpha value is -2.26. The number of aliphatic imine (C=N–C) groups is 1. The van der Waals surface area contributed by atoms with E-state index in [4.69, 9.17) is 4.74 Å². The number of benzene rings is 2. The Morgan fingerprint density at radius 2 is 1.87 bits per heavy atom. The molecule has 2 aromatic carbocycles. The van der Waals surface area contributed by atoms with Crippen molar-refractivity contribution in [3.8, 4) is 5.75 Å². The van der Waals surface area contributed by atoms with Gasteiger partial charge in [-0.2, -0.15) is 0 Å². The molecule has 0 amide bonds.